The number of rotatable bonds is 4. The van der Waals surface area contributed by atoms with Gasteiger partial charge in [-0.15, -0.1) is 12.4 Å². The molecule has 1 aliphatic carbocycles. The molecule has 0 spiro atoms. The predicted octanol–water partition coefficient (Wildman–Crippen LogP) is 1.41. The molecule has 0 aromatic carbocycles. The van der Waals surface area contributed by atoms with Gasteiger partial charge < -0.3 is 25.6 Å². The third-order valence-corrected chi connectivity index (χ3v) is 5.54. The summed E-state index contributed by atoms with van der Waals surface area (Å²) in [5.74, 6) is 0.188. The molecule has 2 heterocycles. The van der Waals surface area contributed by atoms with E-state index in [1.165, 1.54) is 19.3 Å². The van der Waals surface area contributed by atoms with Crippen molar-refractivity contribution in [2.75, 3.05) is 32.8 Å². The van der Waals surface area contributed by atoms with Crippen molar-refractivity contribution in [3.05, 3.63) is 0 Å². The largest absolute Gasteiger partial charge is 0.378 e. The molecule has 2 aliphatic heterocycles. The molecular formula is C18H33ClN4O3. The van der Waals surface area contributed by atoms with Gasteiger partial charge >= 0.3 is 6.03 Å². The van der Waals surface area contributed by atoms with Crippen LogP contribution in [-0.2, 0) is 9.53 Å². The fourth-order valence-electron chi connectivity index (χ4n) is 4.02. The average Bonchev–Trinajstić information content (AvgIpc) is 2.64. The lowest BCUT2D eigenvalue weighted by Crippen LogP contribution is -2.52. The van der Waals surface area contributed by atoms with E-state index >= 15 is 0 Å². The zero-order valence-corrected chi connectivity index (χ0v) is 16.3. The van der Waals surface area contributed by atoms with Gasteiger partial charge in [0.25, 0.3) is 0 Å². The maximum atomic E-state index is 12.4. The molecule has 2 saturated heterocycles. The Hall–Kier alpha value is -1.05. The summed E-state index contributed by atoms with van der Waals surface area (Å²) in [5.41, 5.74) is 0. The normalized spacial score (nSPS) is 25.2. The van der Waals surface area contributed by atoms with E-state index in [4.69, 9.17) is 4.74 Å². The van der Waals surface area contributed by atoms with E-state index in [1.54, 1.807) is 0 Å². The van der Waals surface area contributed by atoms with Gasteiger partial charge in [0.15, 0.2) is 0 Å². The molecule has 7 nitrogen and oxygen atoms in total. The summed E-state index contributed by atoms with van der Waals surface area (Å²) in [6.07, 6.45) is 8.07. The van der Waals surface area contributed by atoms with E-state index in [9.17, 15) is 9.59 Å². The Morgan fingerprint density at radius 2 is 1.65 bits per heavy atom. The van der Waals surface area contributed by atoms with Crippen molar-refractivity contribution in [1.29, 1.82) is 0 Å². The number of likely N-dealkylation sites (tertiary alicyclic amines) is 1. The van der Waals surface area contributed by atoms with Crippen molar-refractivity contribution in [1.82, 2.24) is 20.9 Å². The smallest absolute Gasteiger partial charge is 0.315 e. The number of nitrogens with zero attached hydrogens (tertiary/aromatic N) is 1. The molecule has 150 valence electrons. The molecule has 26 heavy (non-hydrogen) atoms. The van der Waals surface area contributed by atoms with Crippen molar-refractivity contribution in [2.45, 2.75) is 69.5 Å². The molecule has 0 radical (unpaired) electrons. The standard InChI is InChI=1S/C18H32N4O3.ClH/c23-17(12-16-13-25-11-8-19-16)22-9-6-15(7-10-22)21-18(24)20-14-4-2-1-3-5-14;/h14-16,19H,1-13H2,(H2,20,21,24);1H. The van der Waals surface area contributed by atoms with Crippen molar-refractivity contribution in [3.8, 4) is 0 Å². The van der Waals surface area contributed by atoms with Crippen LogP contribution in [0.1, 0.15) is 51.4 Å². The number of piperidine rings is 1. The average molecular weight is 389 g/mol. The van der Waals surface area contributed by atoms with E-state index in [0.717, 1.165) is 51.9 Å². The number of urea groups is 1. The van der Waals surface area contributed by atoms with Crippen molar-refractivity contribution >= 4 is 24.3 Å². The van der Waals surface area contributed by atoms with E-state index in [-0.39, 0.29) is 36.4 Å². The fraction of sp³-hybridized carbons (Fsp3) is 0.889. The first-order valence-corrected chi connectivity index (χ1v) is 9.86. The number of ether oxygens (including phenoxy) is 1. The Balaban J connectivity index is 0.00000243. The van der Waals surface area contributed by atoms with Gasteiger partial charge in [0, 0.05) is 44.2 Å². The van der Waals surface area contributed by atoms with Gasteiger partial charge in [-0.2, -0.15) is 0 Å². The Morgan fingerprint density at radius 3 is 2.27 bits per heavy atom. The molecular weight excluding hydrogens is 356 g/mol. The Labute approximate surface area is 162 Å². The molecule has 8 heteroatoms. The molecule has 1 unspecified atom stereocenters. The maximum absolute atomic E-state index is 12.4. The second-order valence-corrected chi connectivity index (χ2v) is 7.54. The highest BCUT2D eigenvalue weighted by Gasteiger charge is 2.26. The number of morpholine rings is 1. The number of nitrogens with one attached hydrogen (secondary N) is 3. The molecule has 3 N–H and O–H groups in total. The van der Waals surface area contributed by atoms with Crippen molar-refractivity contribution in [2.24, 2.45) is 0 Å². The van der Waals surface area contributed by atoms with Crippen LogP contribution in [-0.4, -0.2) is 67.8 Å². The summed E-state index contributed by atoms with van der Waals surface area (Å²) >= 11 is 0. The number of halogens is 1. The van der Waals surface area contributed by atoms with Crippen LogP contribution in [0.5, 0.6) is 0 Å². The highest BCUT2D eigenvalue weighted by molar-refractivity contribution is 5.85. The SMILES string of the molecule is Cl.O=C(NC1CCCCC1)NC1CCN(C(=O)CC2COCCN2)CC1. The van der Waals surface area contributed by atoms with Crippen LogP contribution in [0.25, 0.3) is 0 Å². The van der Waals surface area contributed by atoms with Crippen LogP contribution < -0.4 is 16.0 Å². The lowest BCUT2D eigenvalue weighted by Gasteiger charge is -2.34. The van der Waals surface area contributed by atoms with Crippen LogP contribution in [0, 0.1) is 0 Å². The van der Waals surface area contributed by atoms with E-state index in [0.29, 0.717) is 19.1 Å². The number of carbonyl (C=O) groups is 2. The van der Waals surface area contributed by atoms with Gasteiger partial charge in [-0.25, -0.2) is 4.79 Å². The van der Waals surface area contributed by atoms with E-state index in [1.807, 2.05) is 4.90 Å². The monoisotopic (exact) mass is 388 g/mol. The first-order chi connectivity index (χ1) is 12.2. The Morgan fingerprint density at radius 1 is 1.00 bits per heavy atom. The highest BCUT2D eigenvalue weighted by atomic mass is 35.5. The minimum absolute atomic E-state index is 0. The zero-order valence-electron chi connectivity index (χ0n) is 15.5. The molecule has 0 aromatic heterocycles. The van der Waals surface area contributed by atoms with E-state index in [2.05, 4.69) is 16.0 Å². The molecule has 3 fully saturated rings. The molecule has 3 amide bonds. The number of carbonyl (C=O) groups excluding carboxylic acids is 2. The topological polar surface area (TPSA) is 82.7 Å². The minimum Gasteiger partial charge on any atom is -0.378 e. The van der Waals surface area contributed by atoms with Crippen molar-refractivity contribution < 1.29 is 14.3 Å². The molecule has 1 saturated carbocycles. The minimum atomic E-state index is -0.0415. The molecule has 1 atom stereocenters. The van der Waals surface area contributed by atoms with Gasteiger partial charge in [-0.1, -0.05) is 19.3 Å². The van der Waals surface area contributed by atoms with Crippen LogP contribution in [0.3, 0.4) is 0 Å². The summed E-state index contributed by atoms with van der Waals surface area (Å²) in [7, 11) is 0. The van der Waals surface area contributed by atoms with Crippen LogP contribution in [0.4, 0.5) is 4.79 Å². The molecule has 3 aliphatic rings. The second kappa shape index (κ2) is 10.9. The molecule has 0 aromatic rings. The number of hydrogen-bond donors (Lipinski definition) is 3. The van der Waals surface area contributed by atoms with Gasteiger partial charge in [0.2, 0.25) is 5.91 Å². The summed E-state index contributed by atoms with van der Waals surface area (Å²) < 4.78 is 5.41. The third kappa shape index (κ3) is 6.59. The van der Waals surface area contributed by atoms with Gasteiger partial charge in [0.1, 0.15) is 0 Å². The fourth-order valence-corrected chi connectivity index (χ4v) is 4.02. The first kappa shape index (κ1) is 21.3. The zero-order chi connectivity index (χ0) is 17.5. The summed E-state index contributed by atoms with van der Waals surface area (Å²) in [5, 5.41) is 9.51. The molecule has 0 bridgehead atoms. The first-order valence-electron chi connectivity index (χ1n) is 9.86. The summed E-state index contributed by atoms with van der Waals surface area (Å²) in [6.45, 7) is 3.61. The number of hydrogen-bond acceptors (Lipinski definition) is 4. The lowest BCUT2D eigenvalue weighted by molar-refractivity contribution is -0.133. The van der Waals surface area contributed by atoms with Crippen molar-refractivity contribution in [3.63, 3.8) is 0 Å². The number of amides is 3. The van der Waals surface area contributed by atoms with Crippen LogP contribution >= 0.6 is 12.4 Å². The van der Waals surface area contributed by atoms with Crippen LogP contribution in [0.2, 0.25) is 0 Å². The maximum Gasteiger partial charge on any atom is 0.315 e. The Bertz CT molecular complexity index is 446. The Kier molecular flexibility index (Phi) is 8.95. The molecule has 3 rings (SSSR count). The summed E-state index contributed by atoms with van der Waals surface area (Å²) in [4.78, 5) is 26.4. The summed E-state index contributed by atoms with van der Waals surface area (Å²) in [6, 6.07) is 0.600. The van der Waals surface area contributed by atoms with E-state index < -0.39 is 0 Å². The van der Waals surface area contributed by atoms with Gasteiger partial charge in [-0.05, 0) is 25.7 Å². The van der Waals surface area contributed by atoms with Crippen LogP contribution in [0.15, 0.2) is 0 Å². The van der Waals surface area contributed by atoms with Gasteiger partial charge in [-0.3, -0.25) is 4.79 Å². The second-order valence-electron chi connectivity index (χ2n) is 7.54. The quantitative estimate of drug-likeness (QED) is 0.680. The predicted molar refractivity (Wildman–Crippen MR) is 103 cm³/mol. The van der Waals surface area contributed by atoms with Gasteiger partial charge in [0.05, 0.1) is 13.2 Å². The lowest BCUT2D eigenvalue weighted by atomic mass is 9.96. The highest BCUT2D eigenvalue weighted by Crippen LogP contribution is 2.17. The third-order valence-electron chi connectivity index (χ3n) is 5.54.